The normalized spacial score (nSPS) is 21.1. The van der Waals surface area contributed by atoms with Crippen LogP contribution in [0.2, 0.25) is 5.02 Å². The summed E-state index contributed by atoms with van der Waals surface area (Å²) in [6.45, 7) is 3.30. The van der Waals surface area contributed by atoms with Gasteiger partial charge in [0.05, 0.1) is 16.8 Å². The lowest BCUT2D eigenvalue weighted by atomic mass is 9.98. The Hall–Kier alpha value is -3.23. The molecule has 2 aliphatic rings. The number of carbonyl (C=O) groups is 4. The maximum Gasteiger partial charge on any atom is 0.329 e. The standard InChI is InChI=1S/C21H18ClN3O5/c1-3-23-19(28)21(30,24(4-2)20(23)29)15-11-12(22)9-10-16(15)25-17(26)13-7-5-6-8-14(13)18(25)27/h5-11,30H,3-4H2,1-2H3. The predicted octanol–water partition coefficient (Wildman–Crippen LogP) is 2.59. The number of nitrogens with zero attached hydrogens (tertiary/aromatic N) is 3. The predicted molar refractivity (Wildman–Crippen MR) is 108 cm³/mol. The highest BCUT2D eigenvalue weighted by atomic mass is 35.5. The van der Waals surface area contributed by atoms with Crippen LogP contribution in [0, 0.1) is 0 Å². The first-order valence-electron chi connectivity index (χ1n) is 9.41. The van der Waals surface area contributed by atoms with Crippen molar-refractivity contribution < 1.29 is 24.3 Å². The number of imide groups is 2. The second-order valence-electron chi connectivity index (χ2n) is 6.90. The smallest absolute Gasteiger partial charge is 0.329 e. The Balaban J connectivity index is 1.93. The lowest BCUT2D eigenvalue weighted by Crippen LogP contribution is -2.48. The van der Waals surface area contributed by atoms with Gasteiger partial charge in [0.1, 0.15) is 0 Å². The number of carbonyl (C=O) groups excluding carboxylic acids is 4. The van der Waals surface area contributed by atoms with Gasteiger partial charge in [-0.2, -0.15) is 0 Å². The number of fused-ring (bicyclic) bond motifs is 1. The van der Waals surface area contributed by atoms with Crippen molar-refractivity contribution in [2.24, 2.45) is 0 Å². The highest BCUT2D eigenvalue weighted by molar-refractivity contribution is 6.35. The van der Waals surface area contributed by atoms with Crippen molar-refractivity contribution in [1.82, 2.24) is 9.80 Å². The topological polar surface area (TPSA) is 98.2 Å². The molecule has 1 atom stereocenters. The van der Waals surface area contributed by atoms with Gasteiger partial charge in [-0.3, -0.25) is 24.2 Å². The SMILES string of the molecule is CCN1C(=O)N(CC)C(O)(c2cc(Cl)ccc2N2C(=O)c3ccccc3C2=O)C1=O. The van der Waals surface area contributed by atoms with Crippen molar-refractivity contribution in [3.05, 3.63) is 64.2 Å². The highest BCUT2D eigenvalue weighted by Gasteiger charge is 2.58. The minimum atomic E-state index is -2.41. The zero-order chi connectivity index (χ0) is 21.8. The molecule has 5 amide bonds. The van der Waals surface area contributed by atoms with Gasteiger partial charge in [-0.05, 0) is 44.2 Å². The Labute approximate surface area is 177 Å². The average molecular weight is 428 g/mol. The van der Waals surface area contributed by atoms with E-state index in [1.807, 2.05) is 0 Å². The van der Waals surface area contributed by atoms with Crippen molar-refractivity contribution in [1.29, 1.82) is 0 Å². The molecule has 8 nitrogen and oxygen atoms in total. The molecule has 0 saturated carbocycles. The first kappa shape index (κ1) is 20.1. The molecular formula is C21H18ClN3O5. The third-order valence-corrected chi connectivity index (χ3v) is 5.63. The van der Waals surface area contributed by atoms with Crippen LogP contribution in [-0.4, -0.2) is 51.7 Å². The highest BCUT2D eigenvalue weighted by Crippen LogP contribution is 2.42. The van der Waals surface area contributed by atoms with Crippen LogP contribution in [0.5, 0.6) is 0 Å². The number of hydrogen-bond donors (Lipinski definition) is 1. The van der Waals surface area contributed by atoms with Crippen molar-refractivity contribution in [3.8, 4) is 0 Å². The molecule has 154 valence electrons. The number of hydrogen-bond acceptors (Lipinski definition) is 5. The van der Waals surface area contributed by atoms with Gasteiger partial charge in [0.25, 0.3) is 23.4 Å². The monoisotopic (exact) mass is 427 g/mol. The first-order valence-corrected chi connectivity index (χ1v) is 9.78. The van der Waals surface area contributed by atoms with Gasteiger partial charge in [0, 0.05) is 23.7 Å². The molecule has 0 aromatic heterocycles. The van der Waals surface area contributed by atoms with Gasteiger partial charge in [-0.15, -0.1) is 0 Å². The van der Waals surface area contributed by atoms with Crippen LogP contribution >= 0.6 is 11.6 Å². The molecule has 2 aromatic carbocycles. The zero-order valence-electron chi connectivity index (χ0n) is 16.3. The molecule has 4 rings (SSSR count). The lowest BCUT2D eigenvalue weighted by molar-refractivity contribution is -0.154. The largest absolute Gasteiger partial charge is 0.359 e. The summed E-state index contributed by atoms with van der Waals surface area (Å²) in [5.41, 5.74) is -2.10. The maximum absolute atomic E-state index is 13.1. The van der Waals surface area contributed by atoms with Crippen molar-refractivity contribution in [3.63, 3.8) is 0 Å². The Bertz CT molecular complexity index is 1080. The summed E-state index contributed by atoms with van der Waals surface area (Å²) in [5, 5.41) is 11.7. The second kappa shape index (κ2) is 6.93. The molecule has 1 saturated heterocycles. The van der Waals surface area contributed by atoms with E-state index < -0.39 is 29.5 Å². The fraction of sp³-hybridized carbons (Fsp3) is 0.238. The van der Waals surface area contributed by atoms with Crippen LogP contribution in [-0.2, 0) is 10.5 Å². The molecule has 2 aliphatic heterocycles. The molecule has 0 radical (unpaired) electrons. The summed E-state index contributed by atoms with van der Waals surface area (Å²) in [5.74, 6) is -2.04. The Morgan fingerprint density at radius 1 is 0.933 bits per heavy atom. The van der Waals surface area contributed by atoms with Gasteiger partial charge in [-0.1, -0.05) is 23.7 Å². The van der Waals surface area contributed by atoms with Crippen LogP contribution < -0.4 is 4.90 Å². The molecule has 9 heteroatoms. The van der Waals surface area contributed by atoms with E-state index in [-0.39, 0.29) is 40.5 Å². The summed E-state index contributed by atoms with van der Waals surface area (Å²) in [6, 6.07) is 9.80. The number of benzene rings is 2. The summed E-state index contributed by atoms with van der Waals surface area (Å²) in [7, 11) is 0. The molecular weight excluding hydrogens is 410 g/mol. The van der Waals surface area contributed by atoms with Crippen LogP contribution in [0.15, 0.2) is 42.5 Å². The van der Waals surface area contributed by atoms with Crippen LogP contribution in [0.3, 0.4) is 0 Å². The van der Waals surface area contributed by atoms with Gasteiger partial charge in [0.2, 0.25) is 0 Å². The van der Waals surface area contributed by atoms with Gasteiger partial charge in [0.15, 0.2) is 0 Å². The second-order valence-corrected chi connectivity index (χ2v) is 7.34. The van der Waals surface area contributed by atoms with Crippen molar-refractivity contribution in [2.45, 2.75) is 19.6 Å². The number of rotatable bonds is 4. The third-order valence-electron chi connectivity index (χ3n) is 5.40. The summed E-state index contributed by atoms with van der Waals surface area (Å²) in [4.78, 5) is 54.6. The van der Waals surface area contributed by atoms with Crippen molar-refractivity contribution >= 4 is 41.0 Å². The third kappa shape index (κ3) is 2.50. The number of halogens is 1. The molecule has 0 bridgehead atoms. The molecule has 30 heavy (non-hydrogen) atoms. The van der Waals surface area contributed by atoms with Crippen LogP contribution in [0.25, 0.3) is 0 Å². The van der Waals surface area contributed by atoms with E-state index >= 15 is 0 Å². The number of amides is 5. The number of anilines is 1. The van der Waals surface area contributed by atoms with E-state index in [0.29, 0.717) is 0 Å². The molecule has 0 spiro atoms. The Kier molecular flexibility index (Phi) is 4.63. The molecule has 1 N–H and O–H groups in total. The average Bonchev–Trinajstić information content (AvgIpc) is 3.10. The minimum absolute atomic E-state index is 0.00865. The van der Waals surface area contributed by atoms with Crippen molar-refractivity contribution in [2.75, 3.05) is 18.0 Å². The van der Waals surface area contributed by atoms with E-state index in [1.165, 1.54) is 30.3 Å². The summed E-state index contributed by atoms with van der Waals surface area (Å²) < 4.78 is 0. The summed E-state index contributed by atoms with van der Waals surface area (Å²) >= 11 is 6.14. The summed E-state index contributed by atoms with van der Waals surface area (Å²) in [6.07, 6.45) is 0. The van der Waals surface area contributed by atoms with E-state index in [2.05, 4.69) is 0 Å². The maximum atomic E-state index is 13.1. The quantitative estimate of drug-likeness (QED) is 0.597. The minimum Gasteiger partial charge on any atom is -0.359 e. The van der Waals surface area contributed by atoms with Gasteiger partial charge >= 0.3 is 6.03 Å². The number of aliphatic hydroxyl groups is 1. The lowest BCUT2D eigenvalue weighted by Gasteiger charge is -2.32. The fourth-order valence-corrected chi connectivity index (χ4v) is 4.14. The van der Waals surface area contributed by atoms with E-state index in [4.69, 9.17) is 11.6 Å². The molecule has 2 aromatic rings. The van der Waals surface area contributed by atoms with E-state index in [1.54, 1.807) is 26.0 Å². The number of likely N-dealkylation sites (N-methyl/N-ethyl adjacent to an activating group) is 2. The molecule has 1 fully saturated rings. The first-order chi connectivity index (χ1) is 14.3. The Morgan fingerprint density at radius 2 is 1.53 bits per heavy atom. The molecule has 2 heterocycles. The van der Waals surface area contributed by atoms with Gasteiger partial charge in [-0.25, -0.2) is 9.69 Å². The fourth-order valence-electron chi connectivity index (χ4n) is 3.97. The van der Waals surface area contributed by atoms with E-state index in [9.17, 15) is 24.3 Å². The molecule has 0 aliphatic carbocycles. The van der Waals surface area contributed by atoms with Crippen LogP contribution in [0.4, 0.5) is 10.5 Å². The zero-order valence-corrected chi connectivity index (χ0v) is 17.0. The molecule has 1 unspecified atom stereocenters. The van der Waals surface area contributed by atoms with E-state index in [0.717, 1.165) is 14.7 Å². The Morgan fingerprint density at radius 3 is 2.07 bits per heavy atom. The van der Waals surface area contributed by atoms with Gasteiger partial charge < -0.3 is 5.11 Å². The number of urea groups is 1. The van der Waals surface area contributed by atoms with Crippen LogP contribution in [0.1, 0.15) is 40.1 Å².